The van der Waals surface area contributed by atoms with Gasteiger partial charge in [-0.25, -0.2) is 0 Å². The van der Waals surface area contributed by atoms with Crippen molar-refractivity contribution in [2.75, 3.05) is 26.3 Å². The quantitative estimate of drug-likeness (QED) is 0.730. The minimum atomic E-state index is -0.384. The van der Waals surface area contributed by atoms with Gasteiger partial charge in [0.2, 0.25) is 5.91 Å². The number of hydrogen-bond donors (Lipinski definition) is 3. The Morgan fingerprint density at radius 2 is 2.08 bits per heavy atom. The minimum absolute atomic E-state index is 0.00898. The van der Waals surface area contributed by atoms with Crippen LogP contribution in [0.1, 0.15) is 24.8 Å². The van der Waals surface area contributed by atoms with Crippen molar-refractivity contribution >= 4 is 16.8 Å². The maximum Gasteiger partial charge on any atom is 0.251 e. The zero-order chi connectivity index (χ0) is 17.9. The van der Waals surface area contributed by atoms with E-state index in [4.69, 9.17) is 5.11 Å². The van der Waals surface area contributed by atoms with Gasteiger partial charge < -0.3 is 20.1 Å². The van der Waals surface area contributed by atoms with Gasteiger partial charge in [0, 0.05) is 42.6 Å². The topological polar surface area (TPSA) is 93.6 Å². The van der Waals surface area contributed by atoms with E-state index in [1.807, 2.05) is 30.3 Å². The van der Waals surface area contributed by atoms with Crippen molar-refractivity contribution in [3.63, 3.8) is 0 Å². The van der Waals surface area contributed by atoms with Gasteiger partial charge in [-0.15, -0.1) is 0 Å². The molecule has 1 atom stereocenters. The van der Waals surface area contributed by atoms with Crippen molar-refractivity contribution in [2.45, 2.75) is 25.7 Å². The first-order chi connectivity index (χ1) is 12.1. The van der Waals surface area contributed by atoms with Gasteiger partial charge in [-0.3, -0.25) is 9.59 Å². The van der Waals surface area contributed by atoms with Crippen LogP contribution in [0.15, 0.2) is 35.1 Å². The summed E-state index contributed by atoms with van der Waals surface area (Å²) in [7, 11) is 0. The first-order valence-corrected chi connectivity index (χ1v) is 8.67. The summed E-state index contributed by atoms with van der Waals surface area (Å²) < 4.78 is 0. The Morgan fingerprint density at radius 1 is 1.28 bits per heavy atom. The highest BCUT2D eigenvalue weighted by atomic mass is 16.3. The van der Waals surface area contributed by atoms with Crippen molar-refractivity contribution in [1.82, 2.24) is 9.88 Å². The lowest BCUT2D eigenvalue weighted by atomic mass is 9.85. The number of benzene rings is 1. The lowest BCUT2D eigenvalue weighted by Crippen LogP contribution is -2.35. The van der Waals surface area contributed by atoms with Gasteiger partial charge in [-0.1, -0.05) is 18.2 Å². The van der Waals surface area contributed by atoms with E-state index in [0.29, 0.717) is 37.9 Å². The number of aliphatic hydroxyl groups is 2. The van der Waals surface area contributed by atoms with E-state index in [1.54, 1.807) is 4.90 Å². The van der Waals surface area contributed by atoms with Crippen LogP contribution < -0.4 is 5.56 Å². The highest BCUT2D eigenvalue weighted by Gasteiger charge is 2.38. The Morgan fingerprint density at radius 3 is 2.84 bits per heavy atom. The van der Waals surface area contributed by atoms with Gasteiger partial charge >= 0.3 is 0 Å². The summed E-state index contributed by atoms with van der Waals surface area (Å²) >= 11 is 0. The molecule has 6 nitrogen and oxygen atoms in total. The van der Waals surface area contributed by atoms with E-state index >= 15 is 0 Å². The molecule has 1 fully saturated rings. The van der Waals surface area contributed by atoms with E-state index in [-0.39, 0.29) is 36.5 Å². The van der Waals surface area contributed by atoms with Crippen LogP contribution in [0.5, 0.6) is 0 Å². The number of aryl methyl sites for hydroxylation is 1. The first-order valence-electron chi connectivity index (χ1n) is 8.67. The molecule has 0 saturated carbocycles. The van der Waals surface area contributed by atoms with Crippen LogP contribution in [0.2, 0.25) is 0 Å². The second-order valence-corrected chi connectivity index (χ2v) is 6.91. The monoisotopic (exact) mass is 344 g/mol. The summed E-state index contributed by atoms with van der Waals surface area (Å²) in [6.07, 6.45) is 1.85. The fraction of sp³-hybridized carbons (Fsp3) is 0.474. The molecule has 3 N–H and O–H groups in total. The number of carbonyl (C=O) groups is 1. The number of carbonyl (C=O) groups excluding carboxylic acids is 1. The maximum atomic E-state index is 12.5. The lowest BCUT2D eigenvalue weighted by molar-refractivity contribution is -0.130. The Kier molecular flexibility index (Phi) is 5.20. The zero-order valence-corrected chi connectivity index (χ0v) is 14.2. The number of fused-ring (bicyclic) bond motifs is 1. The van der Waals surface area contributed by atoms with Gasteiger partial charge in [-0.2, -0.15) is 0 Å². The first kappa shape index (κ1) is 17.6. The summed E-state index contributed by atoms with van der Waals surface area (Å²) in [6, 6.07) is 9.41. The molecule has 1 aromatic carbocycles. The molecule has 0 radical (unpaired) electrons. The van der Waals surface area contributed by atoms with Crippen LogP contribution in [-0.4, -0.2) is 52.3 Å². The Labute approximate surface area is 146 Å². The smallest absolute Gasteiger partial charge is 0.251 e. The summed E-state index contributed by atoms with van der Waals surface area (Å²) in [4.78, 5) is 29.2. The van der Waals surface area contributed by atoms with E-state index in [2.05, 4.69) is 4.98 Å². The van der Waals surface area contributed by atoms with Gasteiger partial charge in [0.15, 0.2) is 0 Å². The number of nitrogens with zero attached hydrogens (tertiary/aromatic N) is 1. The number of pyridine rings is 1. The van der Waals surface area contributed by atoms with Gasteiger partial charge in [0.25, 0.3) is 5.56 Å². The lowest BCUT2D eigenvalue weighted by Gasteiger charge is -2.26. The van der Waals surface area contributed by atoms with Crippen molar-refractivity contribution in [3.05, 3.63) is 46.2 Å². The average Bonchev–Trinajstić information content (AvgIpc) is 3.05. The Bertz CT molecular complexity index is 816. The molecule has 1 aliphatic heterocycles. The molecule has 1 unspecified atom stereocenters. The molecule has 6 heteroatoms. The molecule has 1 saturated heterocycles. The molecule has 1 aromatic heterocycles. The van der Waals surface area contributed by atoms with Crippen molar-refractivity contribution in [1.29, 1.82) is 0 Å². The summed E-state index contributed by atoms with van der Waals surface area (Å²) in [6.45, 7) is 1.04. The van der Waals surface area contributed by atoms with Gasteiger partial charge in [0.1, 0.15) is 0 Å². The predicted octanol–water partition coefficient (Wildman–Crippen LogP) is 1.05. The fourth-order valence-electron chi connectivity index (χ4n) is 3.58. The summed E-state index contributed by atoms with van der Waals surface area (Å²) in [5.41, 5.74) is 0.858. The molecular formula is C19H24N2O4. The van der Waals surface area contributed by atoms with Crippen LogP contribution in [0.4, 0.5) is 0 Å². The highest BCUT2D eigenvalue weighted by molar-refractivity contribution is 5.79. The van der Waals surface area contributed by atoms with Gasteiger partial charge in [-0.05, 0) is 36.8 Å². The SMILES string of the molecule is O=C(CCc1cc2ccccc2[nH]c1=O)N1CCC(CO)(CCO)C1. The summed E-state index contributed by atoms with van der Waals surface area (Å²) in [5, 5.41) is 19.7. The van der Waals surface area contributed by atoms with Crippen molar-refractivity contribution in [3.8, 4) is 0 Å². The third kappa shape index (κ3) is 3.75. The van der Waals surface area contributed by atoms with Gasteiger partial charge in [0.05, 0.1) is 6.61 Å². The highest BCUT2D eigenvalue weighted by Crippen LogP contribution is 2.33. The zero-order valence-electron chi connectivity index (χ0n) is 14.2. The molecule has 2 aromatic rings. The molecule has 0 spiro atoms. The number of likely N-dealkylation sites (tertiary alicyclic amines) is 1. The number of rotatable bonds is 6. The Balaban J connectivity index is 1.65. The third-order valence-corrected chi connectivity index (χ3v) is 5.21. The average molecular weight is 344 g/mol. The van der Waals surface area contributed by atoms with Crippen LogP contribution in [0.25, 0.3) is 10.9 Å². The number of nitrogens with one attached hydrogen (secondary N) is 1. The molecule has 25 heavy (non-hydrogen) atoms. The van der Waals surface area contributed by atoms with E-state index in [9.17, 15) is 14.7 Å². The van der Waals surface area contributed by atoms with Crippen LogP contribution in [-0.2, 0) is 11.2 Å². The normalized spacial score (nSPS) is 20.3. The van der Waals surface area contributed by atoms with Crippen LogP contribution >= 0.6 is 0 Å². The number of aromatic nitrogens is 1. The maximum absolute atomic E-state index is 12.5. The molecule has 134 valence electrons. The van der Waals surface area contributed by atoms with E-state index in [1.165, 1.54) is 0 Å². The van der Waals surface area contributed by atoms with E-state index < -0.39 is 0 Å². The molecule has 1 amide bonds. The van der Waals surface area contributed by atoms with Crippen LogP contribution in [0.3, 0.4) is 0 Å². The number of aromatic amines is 1. The molecular weight excluding hydrogens is 320 g/mol. The molecule has 3 rings (SSSR count). The third-order valence-electron chi connectivity index (χ3n) is 5.21. The minimum Gasteiger partial charge on any atom is -0.396 e. The molecule has 0 bridgehead atoms. The van der Waals surface area contributed by atoms with Crippen molar-refractivity contribution in [2.24, 2.45) is 5.41 Å². The molecule has 1 aliphatic rings. The molecule has 2 heterocycles. The number of para-hydroxylation sites is 1. The standard InChI is InChI=1S/C19H24N2O4/c22-10-8-19(13-23)7-9-21(12-19)17(24)6-5-15-11-14-3-1-2-4-16(14)20-18(15)25/h1-4,11,22-23H,5-10,12-13H2,(H,20,25). The fourth-order valence-corrected chi connectivity index (χ4v) is 3.58. The largest absolute Gasteiger partial charge is 0.396 e. The number of aliphatic hydroxyl groups excluding tert-OH is 2. The Hall–Kier alpha value is -2.18. The molecule has 0 aliphatic carbocycles. The van der Waals surface area contributed by atoms with E-state index in [0.717, 1.165) is 10.9 Å². The number of amides is 1. The van der Waals surface area contributed by atoms with Crippen LogP contribution in [0, 0.1) is 5.41 Å². The second-order valence-electron chi connectivity index (χ2n) is 6.91. The second kappa shape index (κ2) is 7.37. The number of H-pyrrole nitrogens is 1. The number of hydrogen-bond acceptors (Lipinski definition) is 4. The predicted molar refractivity (Wildman–Crippen MR) is 95.3 cm³/mol. The van der Waals surface area contributed by atoms with Crippen molar-refractivity contribution < 1.29 is 15.0 Å². The summed E-state index contributed by atoms with van der Waals surface area (Å²) in [5.74, 6) is -0.0131.